The van der Waals surface area contributed by atoms with Crippen molar-refractivity contribution in [2.75, 3.05) is 32.1 Å². The van der Waals surface area contributed by atoms with Crippen LogP contribution in [0.25, 0.3) is 11.3 Å². The molecular formula is C24H25ClN6O5. The van der Waals surface area contributed by atoms with Crippen LogP contribution in [0, 0.1) is 0 Å². The largest absolute Gasteiger partial charge is 0.465 e. The van der Waals surface area contributed by atoms with Gasteiger partial charge in [-0.15, -0.1) is 0 Å². The smallest absolute Gasteiger partial charge is 0.337 e. The molecule has 0 spiro atoms. The van der Waals surface area contributed by atoms with E-state index >= 15 is 0 Å². The van der Waals surface area contributed by atoms with Gasteiger partial charge in [-0.3, -0.25) is 14.3 Å². The number of ether oxygens (including phenoxy) is 2. The third-order valence-corrected chi connectivity index (χ3v) is 6.05. The van der Waals surface area contributed by atoms with E-state index < -0.39 is 11.9 Å². The second-order valence-corrected chi connectivity index (χ2v) is 8.59. The van der Waals surface area contributed by atoms with Gasteiger partial charge in [-0.05, 0) is 25.0 Å². The van der Waals surface area contributed by atoms with Crippen molar-refractivity contribution in [1.82, 2.24) is 24.6 Å². The summed E-state index contributed by atoms with van der Waals surface area (Å²) in [5.74, 6) is -0.740. The summed E-state index contributed by atoms with van der Waals surface area (Å²) in [6, 6.07) is 6.91. The Morgan fingerprint density at radius 1 is 1.14 bits per heavy atom. The van der Waals surface area contributed by atoms with E-state index in [0.717, 1.165) is 18.4 Å². The lowest BCUT2D eigenvalue weighted by atomic mass is 10.1. The normalized spacial score (nSPS) is 13.8. The molecule has 1 fully saturated rings. The van der Waals surface area contributed by atoms with Gasteiger partial charge in [0.05, 0.1) is 47.5 Å². The summed E-state index contributed by atoms with van der Waals surface area (Å²) in [5.41, 5.74) is 2.38. The zero-order chi connectivity index (χ0) is 25.7. The molecule has 0 saturated carbocycles. The van der Waals surface area contributed by atoms with Crippen LogP contribution in [0.15, 0.2) is 42.9 Å². The van der Waals surface area contributed by atoms with Crippen molar-refractivity contribution in [3.8, 4) is 11.3 Å². The van der Waals surface area contributed by atoms with Crippen molar-refractivity contribution >= 4 is 41.1 Å². The fourth-order valence-electron chi connectivity index (χ4n) is 3.88. The minimum absolute atomic E-state index is 0.133. The fraction of sp³-hybridized carbons (Fsp3) is 0.333. The average molecular weight is 513 g/mol. The Kier molecular flexibility index (Phi) is 7.79. The van der Waals surface area contributed by atoms with Crippen molar-refractivity contribution in [1.29, 1.82) is 0 Å². The third-order valence-electron chi connectivity index (χ3n) is 5.77. The van der Waals surface area contributed by atoms with Crippen molar-refractivity contribution in [2.45, 2.75) is 25.8 Å². The highest BCUT2D eigenvalue weighted by Crippen LogP contribution is 2.28. The van der Waals surface area contributed by atoms with Crippen LogP contribution < -0.4 is 5.32 Å². The first kappa shape index (κ1) is 25.1. The molecule has 12 heteroatoms. The number of rotatable bonds is 7. The van der Waals surface area contributed by atoms with Gasteiger partial charge in [0, 0.05) is 31.8 Å². The zero-order valence-electron chi connectivity index (χ0n) is 19.8. The predicted molar refractivity (Wildman–Crippen MR) is 131 cm³/mol. The summed E-state index contributed by atoms with van der Waals surface area (Å²) >= 11 is 6.32. The minimum atomic E-state index is -0.469. The number of aromatic nitrogens is 4. The molecule has 1 aliphatic heterocycles. The molecule has 36 heavy (non-hydrogen) atoms. The van der Waals surface area contributed by atoms with Gasteiger partial charge in [0.2, 0.25) is 5.95 Å². The van der Waals surface area contributed by atoms with E-state index in [2.05, 4.69) is 20.4 Å². The van der Waals surface area contributed by atoms with Crippen molar-refractivity contribution in [3.05, 3.63) is 53.4 Å². The lowest BCUT2D eigenvalue weighted by Gasteiger charge is -2.31. The SMILES string of the molecule is COC(=O)c1ccc(-c2nc(Nc3cnn(C4CCN(C(=O)COC(C)=O)CC4)c3)ncc2Cl)cc1. The highest BCUT2D eigenvalue weighted by molar-refractivity contribution is 6.32. The maximum Gasteiger partial charge on any atom is 0.337 e. The summed E-state index contributed by atoms with van der Waals surface area (Å²) in [5, 5.41) is 7.97. The molecular weight excluding hydrogens is 488 g/mol. The summed E-state index contributed by atoms with van der Waals surface area (Å²) in [6.45, 7) is 2.18. The number of carbonyl (C=O) groups excluding carboxylic acids is 3. The number of benzene rings is 1. The maximum atomic E-state index is 12.1. The van der Waals surface area contributed by atoms with Gasteiger partial charge in [-0.2, -0.15) is 5.10 Å². The molecule has 0 atom stereocenters. The van der Waals surface area contributed by atoms with Gasteiger partial charge in [-0.1, -0.05) is 23.7 Å². The lowest BCUT2D eigenvalue weighted by molar-refractivity contribution is -0.150. The van der Waals surface area contributed by atoms with E-state index in [9.17, 15) is 14.4 Å². The molecule has 3 heterocycles. The van der Waals surface area contributed by atoms with Gasteiger partial charge >= 0.3 is 11.9 Å². The van der Waals surface area contributed by atoms with E-state index in [1.54, 1.807) is 35.4 Å². The van der Waals surface area contributed by atoms with E-state index in [-0.39, 0.29) is 18.6 Å². The summed E-state index contributed by atoms with van der Waals surface area (Å²) < 4.78 is 11.4. The standard InChI is InChI=1S/C24H25ClN6O5/c1-15(32)36-14-21(33)30-9-7-19(8-10-30)31-13-18(11-27-31)28-24-26-12-20(25)22(29-24)16-3-5-17(6-4-16)23(34)35-2/h3-6,11-13,19H,7-10,14H2,1-2H3,(H,26,28,29). The molecule has 0 aliphatic carbocycles. The first-order chi connectivity index (χ1) is 17.3. The summed E-state index contributed by atoms with van der Waals surface area (Å²) in [7, 11) is 1.33. The van der Waals surface area contributed by atoms with E-state index in [4.69, 9.17) is 21.1 Å². The van der Waals surface area contributed by atoms with Crippen LogP contribution in [-0.2, 0) is 19.1 Å². The molecule has 0 bridgehead atoms. The third kappa shape index (κ3) is 5.98. The molecule has 4 rings (SSSR count). The second-order valence-electron chi connectivity index (χ2n) is 8.19. The number of likely N-dealkylation sites (tertiary alicyclic amines) is 1. The van der Waals surface area contributed by atoms with E-state index in [0.29, 0.717) is 41.0 Å². The minimum Gasteiger partial charge on any atom is -0.465 e. The number of anilines is 2. The van der Waals surface area contributed by atoms with Crippen LogP contribution in [0.3, 0.4) is 0 Å². The van der Waals surface area contributed by atoms with Crippen LogP contribution >= 0.6 is 11.6 Å². The molecule has 1 amide bonds. The quantitative estimate of drug-likeness (QED) is 0.474. The number of nitrogens with zero attached hydrogens (tertiary/aromatic N) is 5. The maximum absolute atomic E-state index is 12.1. The Morgan fingerprint density at radius 2 is 1.86 bits per heavy atom. The summed E-state index contributed by atoms with van der Waals surface area (Å²) in [6.07, 6.45) is 6.52. The molecule has 0 unspecified atom stereocenters. The highest BCUT2D eigenvalue weighted by atomic mass is 35.5. The van der Waals surface area contributed by atoms with Crippen molar-refractivity contribution < 1.29 is 23.9 Å². The first-order valence-electron chi connectivity index (χ1n) is 11.3. The molecule has 1 aliphatic rings. The van der Waals surface area contributed by atoms with Crippen LogP contribution in [0.2, 0.25) is 5.02 Å². The van der Waals surface area contributed by atoms with Gasteiger partial charge in [0.1, 0.15) is 0 Å². The molecule has 1 saturated heterocycles. The second kappa shape index (κ2) is 11.2. The number of esters is 2. The topological polar surface area (TPSA) is 129 Å². The number of amides is 1. The number of halogens is 1. The zero-order valence-corrected chi connectivity index (χ0v) is 20.6. The van der Waals surface area contributed by atoms with Crippen molar-refractivity contribution in [2.24, 2.45) is 0 Å². The number of nitrogens with one attached hydrogen (secondary N) is 1. The van der Waals surface area contributed by atoms with E-state index in [1.807, 2.05) is 10.9 Å². The van der Waals surface area contributed by atoms with Gasteiger partial charge < -0.3 is 19.7 Å². The Bertz CT molecular complexity index is 1250. The van der Waals surface area contributed by atoms with Gasteiger partial charge in [-0.25, -0.2) is 14.8 Å². The van der Waals surface area contributed by atoms with Crippen LogP contribution in [0.4, 0.5) is 11.6 Å². The Hall–Kier alpha value is -3.99. The fourth-order valence-corrected chi connectivity index (χ4v) is 4.08. The van der Waals surface area contributed by atoms with Crippen LogP contribution in [-0.4, -0.2) is 69.3 Å². The Balaban J connectivity index is 1.39. The molecule has 11 nitrogen and oxygen atoms in total. The number of carbonyl (C=O) groups is 3. The molecule has 188 valence electrons. The first-order valence-corrected chi connectivity index (χ1v) is 11.7. The number of methoxy groups -OCH3 is 1. The van der Waals surface area contributed by atoms with Gasteiger partial charge in [0.25, 0.3) is 5.91 Å². The van der Waals surface area contributed by atoms with E-state index in [1.165, 1.54) is 20.2 Å². The average Bonchev–Trinajstić information content (AvgIpc) is 3.36. The van der Waals surface area contributed by atoms with Crippen LogP contribution in [0.1, 0.15) is 36.2 Å². The molecule has 1 aromatic carbocycles. The Labute approximate surface area is 212 Å². The summed E-state index contributed by atoms with van der Waals surface area (Å²) in [4.78, 5) is 45.2. The molecule has 3 aromatic rings. The predicted octanol–water partition coefficient (Wildman–Crippen LogP) is 3.25. The monoisotopic (exact) mass is 512 g/mol. The number of hydrogen-bond donors (Lipinski definition) is 1. The molecule has 0 radical (unpaired) electrons. The van der Waals surface area contributed by atoms with Gasteiger partial charge in [0.15, 0.2) is 6.61 Å². The van der Waals surface area contributed by atoms with Crippen molar-refractivity contribution in [3.63, 3.8) is 0 Å². The van der Waals surface area contributed by atoms with Crippen LogP contribution in [0.5, 0.6) is 0 Å². The highest BCUT2D eigenvalue weighted by Gasteiger charge is 2.25. The molecule has 1 N–H and O–H groups in total. The lowest BCUT2D eigenvalue weighted by Crippen LogP contribution is -2.41. The molecule has 2 aromatic heterocycles. The number of piperidine rings is 1. The number of hydrogen-bond acceptors (Lipinski definition) is 9. The Morgan fingerprint density at radius 3 is 2.53 bits per heavy atom.